The number of carboxylic acid groups (broad SMARTS) is 1. The van der Waals surface area contributed by atoms with E-state index in [-0.39, 0.29) is 5.76 Å². The predicted octanol–water partition coefficient (Wildman–Crippen LogP) is 3.60. The van der Waals surface area contributed by atoms with Gasteiger partial charge in [0, 0.05) is 5.56 Å². The smallest absolute Gasteiger partial charge is 0.372 e. The molecule has 1 aromatic carbocycles. The maximum absolute atomic E-state index is 11.0. The van der Waals surface area contributed by atoms with Crippen LogP contribution in [0.1, 0.15) is 17.5 Å². The molecule has 0 fully saturated rings. The Morgan fingerprint density at radius 1 is 1.42 bits per heavy atom. The van der Waals surface area contributed by atoms with Gasteiger partial charge in [0.15, 0.2) is 0 Å². The maximum Gasteiger partial charge on any atom is 0.372 e. The third-order valence-corrected chi connectivity index (χ3v) is 2.59. The van der Waals surface area contributed by atoms with Crippen LogP contribution in [0.2, 0.25) is 0 Å². The highest BCUT2D eigenvalue weighted by molar-refractivity contribution is 5.93. The van der Waals surface area contributed by atoms with Crippen molar-refractivity contribution in [3.05, 3.63) is 54.5 Å². The Labute approximate surface area is 110 Å². The van der Waals surface area contributed by atoms with Gasteiger partial charge < -0.3 is 14.3 Å². The van der Waals surface area contributed by atoms with Crippen LogP contribution in [0.5, 0.6) is 5.75 Å². The summed E-state index contributed by atoms with van der Waals surface area (Å²) in [5.74, 6) is -0.459. The minimum absolute atomic E-state index is 0.0643. The minimum Gasteiger partial charge on any atom is -0.490 e. The third kappa shape index (κ3) is 3.04. The summed E-state index contributed by atoms with van der Waals surface area (Å²) >= 11 is 0. The zero-order valence-corrected chi connectivity index (χ0v) is 10.5. The van der Waals surface area contributed by atoms with Crippen LogP contribution in [-0.4, -0.2) is 17.7 Å². The van der Waals surface area contributed by atoms with Gasteiger partial charge in [-0.15, -0.1) is 0 Å². The summed E-state index contributed by atoms with van der Waals surface area (Å²) in [6.07, 6.45) is 5.17. The van der Waals surface area contributed by atoms with Gasteiger partial charge in [-0.25, -0.2) is 4.79 Å². The van der Waals surface area contributed by atoms with Crippen LogP contribution in [0.25, 0.3) is 11.1 Å². The third-order valence-electron chi connectivity index (χ3n) is 2.59. The number of carbonyl (C=O) groups is 1. The molecule has 0 atom stereocenters. The molecule has 2 rings (SSSR count). The van der Waals surface area contributed by atoms with E-state index in [2.05, 4.69) is 0 Å². The molecule has 0 aliphatic heterocycles. The summed E-state index contributed by atoms with van der Waals surface area (Å²) in [6, 6.07) is 8.89. The molecule has 4 heteroatoms. The van der Waals surface area contributed by atoms with E-state index in [9.17, 15) is 4.79 Å². The normalized spacial score (nSPS) is 10.8. The molecule has 0 aliphatic rings. The van der Waals surface area contributed by atoms with Crippen molar-refractivity contribution < 1.29 is 19.1 Å². The van der Waals surface area contributed by atoms with Gasteiger partial charge in [0.25, 0.3) is 0 Å². The number of ether oxygens (including phenoxy) is 1. The van der Waals surface area contributed by atoms with Crippen molar-refractivity contribution in [2.75, 3.05) is 6.61 Å². The van der Waals surface area contributed by atoms with Crippen LogP contribution in [-0.2, 0) is 0 Å². The Kier molecular flexibility index (Phi) is 4.03. The van der Waals surface area contributed by atoms with Crippen molar-refractivity contribution in [3.63, 3.8) is 0 Å². The van der Waals surface area contributed by atoms with Gasteiger partial charge in [0.05, 0.1) is 6.26 Å². The van der Waals surface area contributed by atoms with Crippen molar-refractivity contribution in [3.8, 4) is 16.9 Å². The molecule has 0 spiro atoms. The van der Waals surface area contributed by atoms with Gasteiger partial charge >= 0.3 is 5.97 Å². The van der Waals surface area contributed by atoms with Gasteiger partial charge in [-0.05, 0) is 30.7 Å². The number of rotatable bonds is 5. The average Bonchev–Trinajstić information content (AvgIpc) is 2.89. The monoisotopic (exact) mass is 258 g/mol. The predicted molar refractivity (Wildman–Crippen MR) is 71.4 cm³/mol. The molecular formula is C15H14O4. The molecule has 2 aromatic rings. The lowest BCUT2D eigenvalue weighted by molar-refractivity contribution is 0.0663. The number of carboxylic acids is 1. The lowest BCUT2D eigenvalue weighted by atomic mass is 10.1. The number of hydrogen-bond donors (Lipinski definition) is 1. The van der Waals surface area contributed by atoms with Crippen LogP contribution in [0.15, 0.2) is 53.2 Å². The van der Waals surface area contributed by atoms with Crippen molar-refractivity contribution in [2.45, 2.75) is 6.92 Å². The second kappa shape index (κ2) is 5.91. The summed E-state index contributed by atoms with van der Waals surface area (Å²) in [6.45, 7) is 2.40. The number of allylic oxidation sites excluding steroid dienone is 1. The number of hydrogen-bond acceptors (Lipinski definition) is 3. The van der Waals surface area contributed by atoms with E-state index >= 15 is 0 Å². The van der Waals surface area contributed by atoms with Gasteiger partial charge in [-0.3, -0.25) is 0 Å². The Hall–Kier alpha value is -2.49. The van der Waals surface area contributed by atoms with Gasteiger partial charge in [-0.1, -0.05) is 24.3 Å². The van der Waals surface area contributed by atoms with Gasteiger partial charge in [0.1, 0.15) is 12.4 Å². The largest absolute Gasteiger partial charge is 0.490 e. The van der Waals surface area contributed by atoms with Crippen LogP contribution in [0.4, 0.5) is 0 Å². The molecule has 0 radical (unpaired) electrons. The second-order valence-corrected chi connectivity index (χ2v) is 3.88. The van der Waals surface area contributed by atoms with E-state index in [4.69, 9.17) is 14.3 Å². The number of benzene rings is 1. The fourth-order valence-corrected chi connectivity index (χ4v) is 1.70. The highest BCUT2D eigenvalue weighted by Gasteiger charge is 2.15. The molecule has 4 nitrogen and oxygen atoms in total. The van der Waals surface area contributed by atoms with Crippen LogP contribution < -0.4 is 4.74 Å². The van der Waals surface area contributed by atoms with Gasteiger partial charge in [-0.2, -0.15) is 0 Å². The molecule has 0 saturated heterocycles. The second-order valence-electron chi connectivity index (χ2n) is 3.88. The van der Waals surface area contributed by atoms with E-state index in [1.807, 2.05) is 37.3 Å². The maximum atomic E-state index is 11.0. The Bertz CT molecular complexity index is 596. The first-order valence-corrected chi connectivity index (χ1v) is 5.87. The van der Waals surface area contributed by atoms with E-state index in [1.54, 1.807) is 12.1 Å². The molecule has 0 saturated carbocycles. The van der Waals surface area contributed by atoms with Crippen molar-refractivity contribution >= 4 is 5.97 Å². The zero-order chi connectivity index (χ0) is 13.7. The standard InChI is InChI=1S/C15H14O4/c1-2-3-8-18-12-6-4-5-11(10-12)13-7-9-19-14(13)15(16)17/h2-7,9-10H,8H2,1H3,(H,16,17)/b3-2+. The summed E-state index contributed by atoms with van der Waals surface area (Å²) in [5, 5.41) is 9.02. The van der Waals surface area contributed by atoms with Crippen LogP contribution in [0, 0.1) is 0 Å². The van der Waals surface area contributed by atoms with E-state index in [0.29, 0.717) is 17.9 Å². The first-order chi connectivity index (χ1) is 9.22. The lowest BCUT2D eigenvalue weighted by Gasteiger charge is -2.05. The average molecular weight is 258 g/mol. The summed E-state index contributed by atoms with van der Waals surface area (Å²) in [7, 11) is 0. The van der Waals surface area contributed by atoms with Crippen molar-refractivity contribution in [1.82, 2.24) is 0 Å². The summed E-state index contributed by atoms with van der Waals surface area (Å²) in [4.78, 5) is 11.0. The SMILES string of the molecule is C/C=C/COc1cccc(-c2ccoc2C(=O)O)c1. The molecule has 0 unspecified atom stereocenters. The van der Waals surface area contributed by atoms with Crippen molar-refractivity contribution in [1.29, 1.82) is 0 Å². The quantitative estimate of drug-likeness (QED) is 0.832. The fraction of sp³-hybridized carbons (Fsp3) is 0.133. The molecule has 0 bridgehead atoms. The number of aromatic carboxylic acids is 1. The number of furan rings is 1. The summed E-state index contributed by atoms with van der Waals surface area (Å²) in [5.41, 5.74) is 1.30. The highest BCUT2D eigenvalue weighted by atomic mass is 16.5. The zero-order valence-electron chi connectivity index (χ0n) is 10.5. The van der Waals surface area contributed by atoms with Crippen molar-refractivity contribution in [2.24, 2.45) is 0 Å². The van der Waals surface area contributed by atoms with Gasteiger partial charge in [0.2, 0.25) is 5.76 Å². The van der Waals surface area contributed by atoms with Crippen LogP contribution >= 0.6 is 0 Å². The molecule has 1 aromatic heterocycles. The molecule has 0 amide bonds. The van der Waals surface area contributed by atoms with E-state index in [1.165, 1.54) is 6.26 Å². The Morgan fingerprint density at radius 3 is 3.00 bits per heavy atom. The molecule has 1 N–H and O–H groups in total. The fourth-order valence-electron chi connectivity index (χ4n) is 1.70. The molecule has 1 heterocycles. The van der Waals surface area contributed by atoms with E-state index in [0.717, 1.165) is 5.56 Å². The minimum atomic E-state index is -1.08. The highest BCUT2D eigenvalue weighted by Crippen LogP contribution is 2.28. The molecular weight excluding hydrogens is 244 g/mol. The van der Waals surface area contributed by atoms with E-state index < -0.39 is 5.97 Å². The molecule has 0 aliphatic carbocycles. The topological polar surface area (TPSA) is 59.7 Å². The first-order valence-electron chi connectivity index (χ1n) is 5.87. The molecule has 19 heavy (non-hydrogen) atoms. The Morgan fingerprint density at radius 2 is 2.26 bits per heavy atom. The summed E-state index contributed by atoms with van der Waals surface area (Å²) < 4.78 is 10.5. The first kappa shape index (κ1) is 13.0. The lowest BCUT2D eigenvalue weighted by Crippen LogP contribution is -1.96. The molecule has 98 valence electrons. The Balaban J connectivity index is 2.27. The van der Waals surface area contributed by atoms with Crippen LogP contribution in [0.3, 0.4) is 0 Å².